The zero-order chi connectivity index (χ0) is 20.4. The number of halogens is 1. The average Bonchev–Trinajstić information content (AvgIpc) is 2.96. The molecule has 0 radical (unpaired) electrons. The van der Waals surface area contributed by atoms with Gasteiger partial charge in [0.25, 0.3) is 5.91 Å². The van der Waals surface area contributed by atoms with Crippen molar-refractivity contribution in [1.82, 2.24) is 14.4 Å². The number of hydrogen-bond donors (Lipinski definition) is 0. The van der Waals surface area contributed by atoms with Gasteiger partial charge in [-0.15, -0.1) is 0 Å². The van der Waals surface area contributed by atoms with Gasteiger partial charge in [0, 0.05) is 49.2 Å². The third-order valence-corrected chi connectivity index (χ3v) is 5.76. The van der Waals surface area contributed by atoms with Crippen molar-refractivity contribution in [3.8, 4) is 0 Å². The van der Waals surface area contributed by atoms with Crippen LogP contribution in [0.5, 0.6) is 0 Å². The number of amides is 1. The Morgan fingerprint density at radius 1 is 1.04 bits per heavy atom. The number of ketones is 1. The lowest BCUT2D eigenvalue weighted by Crippen LogP contribution is -2.50. The molecule has 6 heteroatoms. The number of nitrogens with zero attached hydrogens (tertiary/aromatic N) is 3. The summed E-state index contributed by atoms with van der Waals surface area (Å²) in [4.78, 5) is 29.5. The summed E-state index contributed by atoms with van der Waals surface area (Å²) in [5.74, 6) is 0.0999. The lowest BCUT2D eigenvalue weighted by Gasteiger charge is -2.34. The standard InChI is InChI=1S/C22H28ClN3O2/c1-15(2)26-16(3)13-19(17(26)4)21(27)14-24-9-11-25(12-10-24)22(28)18-7-5-6-8-20(18)23/h5-8,13,15H,9-12,14H2,1-4H3. The van der Waals surface area contributed by atoms with E-state index in [0.29, 0.717) is 49.4 Å². The number of piperazine rings is 1. The lowest BCUT2D eigenvalue weighted by molar-refractivity contribution is 0.0624. The second kappa shape index (κ2) is 8.50. The van der Waals surface area contributed by atoms with Gasteiger partial charge in [0.2, 0.25) is 0 Å². The summed E-state index contributed by atoms with van der Waals surface area (Å²) in [7, 11) is 0. The number of Topliss-reactive ketones (excluding diaryl/α,β-unsaturated/α-hetero) is 1. The first-order valence-electron chi connectivity index (χ1n) is 9.77. The first-order valence-corrected chi connectivity index (χ1v) is 10.1. The van der Waals surface area contributed by atoms with Crippen molar-refractivity contribution in [2.24, 2.45) is 0 Å². The van der Waals surface area contributed by atoms with E-state index in [2.05, 4.69) is 23.3 Å². The van der Waals surface area contributed by atoms with E-state index in [1.165, 1.54) is 0 Å². The van der Waals surface area contributed by atoms with Crippen LogP contribution in [0.3, 0.4) is 0 Å². The molecule has 150 valence electrons. The van der Waals surface area contributed by atoms with Gasteiger partial charge in [0.05, 0.1) is 17.1 Å². The number of carbonyl (C=O) groups excluding carboxylic acids is 2. The van der Waals surface area contributed by atoms with Crippen LogP contribution in [-0.2, 0) is 0 Å². The maximum absolute atomic E-state index is 12.9. The van der Waals surface area contributed by atoms with Gasteiger partial charge in [0.1, 0.15) is 0 Å². The topological polar surface area (TPSA) is 45.6 Å². The Hall–Kier alpha value is -2.11. The highest BCUT2D eigenvalue weighted by molar-refractivity contribution is 6.33. The summed E-state index contributed by atoms with van der Waals surface area (Å²) in [6.45, 7) is 11.3. The molecule has 5 nitrogen and oxygen atoms in total. The molecular weight excluding hydrogens is 374 g/mol. The Kier molecular flexibility index (Phi) is 6.26. The molecule has 1 aromatic heterocycles. The van der Waals surface area contributed by atoms with Crippen LogP contribution < -0.4 is 0 Å². The number of hydrogen-bond acceptors (Lipinski definition) is 3. The zero-order valence-corrected chi connectivity index (χ0v) is 17.8. The van der Waals surface area contributed by atoms with E-state index >= 15 is 0 Å². The van der Waals surface area contributed by atoms with E-state index in [4.69, 9.17) is 11.6 Å². The molecule has 1 saturated heterocycles. The highest BCUT2D eigenvalue weighted by atomic mass is 35.5. The van der Waals surface area contributed by atoms with Crippen LogP contribution in [0.2, 0.25) is 5.02 Å². The average molecular weight is 402 g/mol. The molecule has 2 heterocycles. The summed E-state index contributed by atoms with van der Waals surface area (Å²) in [6, 6.07) is 9.46. The number of rotatable bonds is 5. The Bertz CT molecular complexity index is 880. The molecule has 1 amide bonds. The van der Waals surface area contributed by atoms with Crippen LogP contribution in [0.25, 0.3) is 0 Å². The van der Waals surface area contributed by atoms with Crippen LogP contribution in [0.15, 0.2) is 30.3 Å². The van der Waals surface area contributed by atoms with E-state index in [1.54, 1.807) is 12.1 Å². The van der Waals surface area contributed by atoms with Gasteiger partial charge in [-0.3, -0.25) is 14.5 Å². The minimum Gasteiger partial charge on any atom is -0.346 e. The van der Waals surface area contributed by atoms with Crippen LogP contribution in [0, 0.1) is 13.8 Å². The molecule has 1 aromatic carbocycles. The van der Waals surface area contributed by atoms with Gasteiger partial charge >= 0.3 is 0 Å². The number of aryl methyl sites for hydroxylation is 1. The maximum Gasteiger partial charge on any atom is 0.255 e. The van der Waals surface area contributed by atoms with Crippen LogP contribution in [0.4, 0.5) is 0 Å². The van der Waals surface area contributed by atoms with Crippen LogP contribution in [-0.4, -0.2) is 58.8 Å². The van der Waals surface area contributed by atoms with Crippen molar-refractivity contribution >= 4 is 23.3 Å². The zero-order valence-electron chi connectivity index (χ0n) is 17.0. The predicted octanol–water partition coefficient (Wildman–Crippen LogP) is 3.98. The van der Waals surface area contributed by atoms with Crippen molar-refractivity contribution in [2.75, 3.05) is 32.7 Å². The van der Waals surface area contributed by atoms with Crippen molar-refractivity contribution in [3.63, 3.8) is 0 Å². The Balaban J connectivity index is 1.60. The van der Waals surface area contributed by atoms with Gasteiger partial charge in [-0.05, 0) is 45.9 Å². The highest BCUT2D eigenvalue weighted by Gasteiger charge is 2.26. The number of carbonyl (C=O) groups is 2. The minimum atomic E-state index is -0.0444. The molecule has 0 unspecified atom stereocenters. The smallest absolute Gasteiger partial charge is 0.255 e. The summed E-state index contributed by atoms with van der Waals surface area (Å²) >= 11 is 6.15. The molecule has 0 aliphatic carbocycles. The molecule has 1 aliphatic heterocycles. The number of aromatic nitrogens is 1. The van der Waals surface area contributed by atoms with Gasteiger partial charge in [-0.2, -0.15) is 0 Å². The summed E-state index contributed by atoms with van der Waals surface area (Å²) in [6.07, 6.45) is 0. The summed E-state index contributed by atoms with van der Waals surface area (Å²) < 4.78 is 2.20. The molecule has 0 atom stereocenters. The third kappa shape index (κ3) is 4.15. The first kappa shape index (κ1) is 20.6. The van der Waals surface area contributed by atoms with Gasteiger partial charge in [-0.25, -0.2) is 0 Å². The molecule has 0 N–H and O–H groups in total. The fraction of sp³-hybridized carbons (Fsp3) is 0.455. The van der Waals surface area contributed by atoms with E-state index in [0.717, 1.165) is 17.0 Å². The number of benzene rings is 1. The minimum absolute atomic E-state index is 0.0444. The largest absolute Gasteiger partial charge is 0.346 e. The second-order valence-corrected chi connectivity index (χ2v) is 8.13. The van der Waals surface area contributed by atoms with Crippen molar-refractivity contribution in [1.29, 1.82) is 0 Å². The SMILES string of the molecule is Cc1cc(C(=O)CN2CCN(C(=O)c3ccccc3Cl)CC2)c(C)n1C(C)C. The molecule has 0 spiro atoms. The predicted molar refractivity (Wildman–Crippen MR) is 112 cm³/mol. The fourth-order valence-corrected chi connectivity index (χ4v) is 4.27. The molecule has 1 aliphatic rings. The van der Waals surface area contributed by atoms with Gasteiger partial charge in [0.15, 0.2) is 5.78 Å². The Morgan fingerprint density at radius 2 is 1.68 bits per heavy atom. The molecule has 2 aromatic rings. The lowest BCUT2D eigenvalue weighted by atomic mass is 10.1. The quantitative estimate of drug-likeness (QED) is 0.712. The van der Waals surface area contributed by atoms with Crippen molar-refractivity contribution < 1.29 is 9.59 Å². The van der Waals surface area contributed by atoms with Gasteiger partial charge in [-0.1, -0.05) is 23.7 Å². The Morgan fingerprint density at radius 3 is 2.25 bits per heavy atom. The molecule has 0 bridgehead atoms. The molecule has 28 heavy (non-hydrogen) atoms. The van der Waals surface area contributed by atoms with Crippen LogP contribution >= 0.6 is 11.6 Å². The normalized spacial score (nSPS) is 15.3. The second-order valence-electron chi connectivity index (χ2n) is 7.72. The fourth-order valence-electron chi connectivity index (χ4n) is 4.06. The van der Waals surface area contributed by atoms with Gasteiger partial charge < -0.3 is 9.47 Å². The highest BCUT2D eigenvalue weighted by Crippen LogP contribution is 2.21. The first-order chi connectivity index (χ1) is 13.3. The van der Waals surface area contributed by atoms with Crippen molar-refractivity contribution in [3.05, 3.63) is 57.9 Å². The van der Waals surface area contributed by atoms with E-state index in [-0.39, 0.29) is 11.7 Å². The van der Waals surface area contributed by atoms with E-state index < -0.39 is 0 Å². The monoisotopic (exact) mass is 401 g/mol. The van der Waals surface area contributed by atoms with Crippen molar-refractivity contribution in [2.45, 2.75) is 33.7 Å². The molecular formula is C22H28ClN3O2. The summed E-state index contributed by atoms with van der Waals surface area (Å²) in [5, 5.41) is 0.477. The van der Waals surface area contributed by atoms with Crippen LogP contribution in [0.1, 0.15) is 52.0 Å². The maximum atomic E-state index is 12.9. The molecule has 0 saturated carbocycles. The molecule has 1 fully saturated rings. The van der Waals surface area contributed by atoms with E-state index in [9.17, 15) is 9.59 Å². The van der Waals surface area contributed by atoms with E-state index in [1.807, 2.05) is 36.9 Å². The third-order valence-electron chi connectivity index (χ3n) is 5.43. The summed E-state index contributed by atoms with van der Waals surface area (Å²) in [5.41, 5.74) is 3.49. The Labute approximate surface area is 171 Å². The molecule has 3 rings (SSSR count).